The van der Waals surface area contributed by atoms with Gasteiger partial charge in [-0.25, -0.2) is 0 Å². The van der Waals surface area contributed by atoms with Crippen molar-refractivity contribution in [2.45, 2.75) is 60.3 Å². The summed E-state index contributed by atoms with van der Waals surface area (Å²) in [5, 5.41) is 8.71. The zero-order chi connectivity index (χ0) is 16.8. The number of carbonyl (C=O) groups is 1. The van der Waals surface area contributed by atoms with Crippen molar-refractivity contribution in [2.75, 3.05) is 0 Å². The molecule has 1 aliphatic carbocycles. The van der Waals surface area contributed by atoms with Crippen molar-refractivity contribution in [1.29, 1.82) is 0 Å². The lowest BCUT2D eigenvalue weighted by molar-refractivity contribution is -0.136. The van der Waals surface area contributed by atoms with Gasteiger partial charge in [-0.15, -0.1) is 0 Å². The lowest BCUT2D eigenvalue weighted by atomic mass is 9.68. The van der Waals surface area contributed by atoms with Gasteiger partial charge in [0.25, 0.3) is 0 Å². The molecule has 0 radical (unpaired) electrons. The van der Waals surface area contributed by atoms with Crippen LogP contribution >= 0.6 is 0 Å². The van der Waals surface area contributed by atoms with Crippen molar-refractivity contribution in [2.24, 2.45) is 11.3 Å². The number of allylic oxidation sites excluding steroid dienone is 7. The molecule has 1 saturated carbocycles. The van der Waals surface area contributed by atoms with E-state index in [1.54, 1.807) is 5.57 Å². The summed E-state index contributed by atoms with van der Waals surface area (Å²) < 4.78 is 0. The topological polar surface area (TPSA) is 37.3 Å². The van der Waals surface area contributed by atoms with Gasteiger partial charge in [0.15, 0.2) is 0 Å². The summed E-state index contributed by atoms with van der Waals surface area (Å²) in [6.07, 6.45) is 14.3. The Balaban J connectivity index is 2.76. The fraction of sp³-hybridized carbons (Fsp3) is 0.550. The predicted molar refractivity (Wildman–Crippen MR) is 93.8 cm³/mol. The first kappa shape index (κ1) is 18.5. The minimum Gasteiger partial charge on any atom is -0.481 e. The Labute approximate surface area is 135 Å². The van der Waals surface area contributed by atoms with E-state index in [2.05, 4.69) is 39.8 Å². The Kier molecular flexibility index (Phi) is 6.86. The normalized spacial score (nSPS) is 25.0. The van der Waals surface area contributed by atoms with E-state index in [4.69, 9.17) is 5.11 Å². The largest absolute Gasteiger partial charge is 0.481 e. The number of carboxylic acid groups (broad SMARTS) is 1. The summed E-state index contributed by atoms with van der Waals surface area (Å²) in [5.41, 5.74) is 3.89. The maximum absolute atomic E-state index is 10.6. The Bertz CT molecular complexity index is 516. The molecule has 1 aliphatic rings. The summed E-state index contributed by atoms with van der Waals surface area (Å²) in [4.78, 5) is 10.6. The van der Waals surface area contributed by atoms with Crippen molar-refractivity contribution >= 4 is 5.97 Å². The van der Waals surface area contributed by atoms with Crippen LogP contribution in [-0.2, 0) is 4.79 Å². The highest BCUT2D eigenvalue weighted by atomic mass is 16.4. The van der Waals surface area contributed by atoms with Crippen LogP contribution in [0, 0.1) is 11.3 Å². The molecule has 122 valence electrons. The fourth-order valence-corrected chi connectivity index (χ4v) is 3.15. The first-order valence-corrected chi connectivity index (χ1v) is 8.17. The molecule has 1 unspecified atom stereocenters. The highest BCUT2D eigenvalue weighted by molar-refractivity contribution is 5.69. The van der Waals surface area contributed by atoms with Crippen molar-refractivity contribution in [3.05, 3.63) is 47.1 Å². The predicted octanol–water partition coefficient (Wildman–Crippen LogP) is 5.68. The molecule has 0 aromatic heterocycles. The van der Waals surface area contributed by atoms with Gasteiger partial charge < -0.3 is 5.11 Å². The first-order valence-electron chi connectivity index (χ1n) is 8.17. The molecule has 0 aromatic rings. The van der Waals surface area contributed by atoms with Crippen molar-refractivity contribution < 1.29 is 9.90 Å². The van der Waals surface area contributed by atoms with Crippen LogP contribution in [-0.4, -0.2) is 11.1 Å². The Morgan fingerprint density at radius 1 is 1.32 bits per heavy atom. The van der Waals surface area contributed by atoms with Crippen LogP contribution in [0.3, 0.4) is 0 Å². The molecule has 2 nitrogen and oxygen atoms in total. The van der Waals surface area contributed by atoms with Gasteiger partial charge in [0, 0.05) is 0 Å². The highest BCUT2D eigenvalue weighted by Crippen LogP contribution is 2.43. The molecule has 1 N–H and O–H groups in total. The zero-order valence-corrected chi connectivity index (χ0v) is 14.6. The van der Waals surface area contributed by atoms with Gasteiger partial charge in [0.1, 0.15) is 0 Å². The average Bonchev–Trinajstić information content (AvgIpc) is 2.36. The van der Waals surface area contributed by atoms with E-state index < -0.39 is 5.97 Å². The lowest BCUT2D eigenvalue weighted by Gasteiger charge is -2.37. The van der Waals surface area contributed by atoms with Crippen molar-refractivity contribution in [1.82, 2.24) is 0 Å². The van der Waals surface area contributed by atoms with E-state index in [1.165, 1.54) is 24.8 Å². The molecule has 0 saturated heterocycles. The lowest BCUT2D eigenvalue weighted by Crippen LogP contribution is -2.24. The first-order chi connectivity index (χ1) is 10.2. The van der Waals surface area contributed by atoms with E-state index in [0.717, 1.165) is 5.57 Å². The zero-order valence-electron chi connectivity index (χ0n) is 14.6. The standard InChI is InChI=1S/C20H30O2/c1-15(8-6-9-16(2)14-19(21)22)11-12-18-17(3)10-7-13-20(18,4)5/h6,8-9,11-12,17H,7,10,13-14H2,1-5H3,(H,21,22)/b8-6+,15-11+,16-9+,18-12+. The van der Waals surface area contributed by atoms with E-state index in [-0.39, 0.29) is 6.42 Å². The number of aliphatic carboxylic acids is 1. The number of hydrogen-bond donors (Lipinski definition) is 1. The summed E-state index contributed by atoms with van der Waals surface area (Å²) >= 11 is 0. The third kappa shape index (κ3) is 6.05. The molecule has 1 rings (SSSR count). The molecule has 1 atom stereocenters. The van der Waals surface area contributed by atoms with Crippen LogP contribution in [0.4, 0.5) is 0 Å². The second kappa shape index (κ2) is 8.17. The molecule has 0 bridgehead atoms. The Morgan fingerprint density at radius 3 is 2.59 bits per heavy atom. The minimum absolute atomic E-state index is 0.100. The third-order valence-electron chi connectivity index (χ3n) is 4.45. The number of hydrogen-bond acceptors (Lipinski definition) is 1. The van der Waals surface area contributed by atoms with Gasteiger partial charge in [-0.3, -0.25) is 4.79 Å². The van der Waals surface area contributed by atoms with E-state index >= 15 is 0 Å². The summed E-state index contributed by atoms with van der Waals surface area (Å²) in [6.45, 7) is 10.9. The van der Waals surface area contributed by atoms with Gasteiger partial charge in [-0.1, -0.05) is 74.3 Å². The molecule has 1 fully saturated rings. The summed E-state index contributed by atoms with van der Waals surface area (Å²) in [7, 11) is 0. The van der Waals surface area contributed by atoms with Crippen LogP contribution in [0.15, 0.2) is 47.1 Å². The summed E-state index contributed by atoms with van der Waals surface area (Å²) in [6, 6.07) is 0. The van der Waals surface area contributed by atoms with Crippen molar-refractivity contribution in [3.8, 4) is 0 Å². The average molecular weight is 302 g/mol. The minimum atomic E-state index is -0.785. The van der Waals surface area contributed by atoms with Gasteiger partial charge in [-0.2, -0.15) is 0 Å². The van der Waals surface area contributed by atoms with Crippen LogP contribution in [0.25, 0.3) is 0 Å². The van der Waals surface area contributed by atoms with Crippen LogP contribution in [0.5, 0.6) is 0 Å². The maximum atomic E-state index is 10.6. The SMILES string of the molecule is CC(/C=C/C=C(\C)CC(=O)O)=C\C=C1/C(C)CCCC1(C)C. The van der Waals surface area contributed by atoms with Gasteiger partial charge in [0.05, 0.1) is 6.42 Å². The number of rotatable bonds is 5. The molecule has 0 heterocycles. The van der Waals surface area contributed by atoms with Crippen LogP contribution < -0.4 is 0 Å². The van der Waals surface area contributed by atoms with E-state index in [1.807, 2.05) is 25.2 Å². The Hall–Kier alpha value is -1.57. The fourth-order valence-electron chi connectivity index (χ4n) is 3.15. The van der Waals surface area contributed by atoms with Gasteiger partial charge in [-0.05, 0) is 38.0 Å². The molecule has 0 aromatic carbocycles. The van der Waals surface area contributed by atoms with E-state index in [9.17, 15) is 4.79 Å². The van der Waals surface area contributed by atoms with Crippen LogP contribution in [0.2, 0.25) is 0 Å². The van der Waals surface area contributed by atoms with E-state index in [0.29, 0.717) is 11.3 Å². The highest BCUT2D eigenvalue weighted by Gasteiger charge is 2.30. The Morgan fingerprint density at radius 2 is 2.00 bits per heavy atom. The monoisotopic (exact) mass is 302 g/mol. The molecular formula is C20H30O2. The second-order valence-electron chi connectivity index (χ2n) is 7.15. The van der Waals surface area contributed by atoms with Gasteiger partial charge >= 0.3 is 5.97 Å². The molecule has 2 heteroatoms. The smallest absolute Gasteiger partial charge is 0.307 e. The summed E-state index contributed by atoms with van der Waals surface area (Å²) in [5.74, 6) is -0.123. The molecule has 0 aliphatic heterocycles. The number of carboxylic acids is 1. The maximum Gasteiger partial charge on any atom is 0.307 e. The molecule has 0 spiro atoms. The molecule has 22 heavy (non-hydrogen) atoms. The van der Waals surface area contributed by atoms with Gasteiger partial charge in [0.2, 0.25) is 0 Å². The second-order valence-corrected chi connectivity index (χ2v) is 7.15. The van der Waals surface area contributed by atoms with Crippen LogP contribution in [0.1, 0.15) is 60.3 Å². The molecule has 0 amide bonds. The van der Waals surface area contributed by atoms with Crippen molar-refractivity contribution in [3.63, 3.8) is 0 Å². The third-order valence-corrected chi connectivity index (χ3v) is 4.45. The molecular weight excluding hydrogens is 272 g/mol. The quantitative estimate of drug-likeness (QED) is 0.663.